The fourth-order valence-corrected chi connectivity index (χ4v) is 4.41. The number of ether oxygens (including phenoxy) is 1. The van der Waals surface area contributed by atoms with Crippen LogP contribution < -0.4 is 20.3 Å². The van der Waals surface area contributed by atoms with Crippen LogP contribution in [0.1, 0.15) is 24.0 Å². The summed E-state index contributed by atoms with van der Waals surface area (Å²) in [6.45, 7) is 4.48. The second-order valence-electron chi connectivity index (χ2n) is 7.06. The summed E-state index contributed by atoms with van der Waals surface area (Å²) < 4.78 is 25.0. The number of aliphatic hydroxyl groups excluding tert-OH is 1. The zero-order valence-corrected chi connectivity index (χ0v) is 16.0. The zero-order chi connectivity index (χ0) is 19.1. The Morgan fingerprint density at radius 1 is 1.30 bits per heavy atom. The number of hydrogen-bond donors (Lipinski definition) is 3. The minimum atomic E-state index is -0.378. The summed E-state index contributed by atoms with van der Waals surface area (Å²) in [5.41, 5.74) is 2.63. The highest BCUT2D eigenvalue weighted by molar-refractivity contribution is 8.01. The smallest absolute Gasteiger partial charge is 0.258 e. The van der Waals surface area contributed by atoms with Crippen LogP contribution in [-0.4, -0.2) is 27.6 Å². The fourth-order valence-electron chi connectivity index (χ4n) is 3.30. The molecule has 2 aliphatic rings. The largest absolute Gasteiger partial charge is 0.475 e. The van der Waals surface area contributed by atoms with E-state index in [0.717, 1.165) is 18.4 Å². The lowest BCUT2D eigenvalue weighted by atomic mass is 9.96. The standard InChI is InChI=1S/C19H22FN3O3S/c1-10-3-4-15(14(20)7-10)21-16-11(2)18(25)23-5-6-26-19(23)17(16)22-27-13-8-12(24)9-13/h3-4,7,12-13,21-22,24H,5-6,8-9H2,1-2H3. The molecule has 0 atom stereocenters. The van der Waals surface area contributed by atoms with Crippen LogP contribution in [0.4, 0.5) is 21.5 Å². The van der Waals surface area contributed by atoms with Crippen molar-refractivity contribution in [2.24, 2.45) is 0 Å². The maximum Gasteiger partial charge on any atom is 0.258 e. The van der Waals surface area contributed by atoms with Crippen LogP contribution in [0.5, 0.6) is 5.88 Å². The molecule has 2 aromatic rings. The lowest BCUT2D eigenvalue weighted by Gasteiger charge is -2.31. The van der Waals surface area contributed by atoms with Crippen LogP contribution in [0, 0.1) is 19.7 Å². The third kappa shape index (κ3) is 3.39. The second-order valence-corrected chi connectivity index (χ2v) is 8.17. The first-order valence-electron chi connectivity index (χ1n) is 8.97. The predicted octanol–water partition coefficient (Wildman–Crippen LogP) is 3.32. The Bertz CT molecular complexity index is 941. The van der Waals surface area contributed by atoms with Crippen molar-refractivity contribution >= 4 is 29.0 Å². The summed E-state index contributed by atoms with van der Waals surface area (Å²) >= 11 is 1.49. The molecule has 0 unspecified atom stereocenters. The van der Waals surface area contributed by atoms with Gasteiger partial charge in [0.25, 0.3) is 5.56 Å². The molecule has 1 aliphatic heterocycles. The number of hydrogen-bond acceptors (Lipinski definition) is 6. The van der Waals surface area contributed by atoms with Crippen molar-refractivity contribution in [1.29, 1.82) is 0 Å². The molecule has 6 nitrogen and oxygen atoms in total. The van der Waals surface area contributed by atoms with Crippen LogP contribution in [0.2, 0.25) is 0 Å². The number of anilines is 3. The Balaban J connectivity index is 1.72. The van der Waals surface area contributed by atoms with Crippen molar-refractivity contribution in [2.75, 3.05) is 16.6 Å². The van der Waals surface area contributed by atoms with E-state index >= 15 is 0 Å². The van der Waals surface area contributed by atoms with Crippen molar-refractivity contribution in [2.45, 2.75) is 44.6 Å². The highest BCUT2D eigenvalue weighted by atomic mass is 32.2. The first kappa shape index (κ1) is 18.2. The summed E-state index contributed by atoms with van der Waals surface area (Å²) in [5.74, 6) is 0.0876. The van der Waals surface area contributed by atoms with Gasteiger partial charge in [-0.05, 0) is 56.3 Å². The average molecular weight is 391 g/mol. The molecule has 0 saturated heterocycles. The van der Waals surface area contributed by atoms with E-state index in [9.17, 15) is 14.3 Å². The monoisotopic (exact) mass is 391 g/mol. The number of rotatable bonds is 5. The first-order valence-corrected chi connectivity index (χ1v) is 9.85. The molecule has 0 radical (unpaired) electrons. The van der Waals surface area contributed by atoms with Gasteiger partial charge in [-0.25, -0.2) is 4.39 Å². The first-order chi connectivity index (χ1) is 12.9. The van der Waals surface area contributed by atoms with Gasteiger partial charge in [-0.1, -0.05) is 6.07 Å². The number of benzene rings is 1. The van der Waals surface area contributed by atoms with Gasteiger partial charge in [0.05, 0.1) is 24.0 Å². The minimum absolute atomic E-state index is 0.146. The van der Waals surface area contributed by atoms with Gasteiger partial charge in [0.1, 0.15) is 18.1 Å². The lowest BCUT2D eigenvalue weighted by Crippen LogP contribution is -2.31. The van der Waals surface area contributed by atoms with E-state index in [1.165, 1.54) is 18.0 Å². The maximum atomic E-state index is 14.4. The molecule has 27 heavy (non-hydrogen) atoms. The molecule has 0 spiro atoms. The molecule has 0 bridgehead atoms. The highest BCUT2D eigenvalue weighted by Gasteiger charge is 2.30. The lowest BCUT2D eigenvalue weighted by molar-refractivity contribution is 0.101. The Labute approximate surface area is 160 Å². The molecule has 1 aliphatic carbocycles. The summed E-state index contributed by atoms with van der Waals surface area (Å²) in [6, 6.07) is 4.93. The molecule has 4 rings (SSSR count). The van der Waals surface area contributed by atoms with Gasteiger partial charge in [0.15, 0.2) is 0 Å². The van der Waals surface area contributed by atoms with Gasteiger partial charge < -0.3 is 19.9 Å². The minimum Gasteiger partial charge on any atom is -0.475 e. The predicted molar refractivity (Wildman–Crippen MR) is 106 cm³/mol. The summed E-state index contributed by atoms with van der Waals surface area (Å²) in [5, 5.41) is 12.9. The summed E-state index contributed by atoms with van der Waals surface area (Å²) in [7, 11) is 0. The highest BCUT2D eigenvalue weighted by Crippen LogP contribution is 2.41. The van der Waals surface area contributed by atoms with Gasteiger partial charge in [0, 0.05) is 10.8 Å². The number of halogens is 1. The van der Waals surface area contributed by atoms with Crippen LogP contribution in [0.25, 0.3) is 0 Å². The van der Waals surface area contributed by atoms with Crippen molar-refractivity contribution in [3.63, 3.8) is 0 Å². The normalized spacial score (nSPS) is 20.6. The van der Waals surface area contributed by atoms with E-state index < -0.39 is 0 Å². The third-order valence-electron chi connectivity index (χ3n) is 4.99. The molecular weight excluding hydrogens is 369 g/mol. The van der Waals surface area contributed by atoms with Crippen LogP contribution in [-0.2, 0) is 6.54 Å². The zero-order valence-electron chi connectivity index (χ0n) is 15.2. The van der Waals surface area contributed by atoms with E-state index in [1.807, 2.05) is 13.0 Å². The average Bonchev–Trinajstić information content (AvgIpc) is 3.08. The Kier molecular flexibility index (Phi) is 4.77. The maximum absolute atomic E-state index is 14.4. The Hall–Kier alpha value is -2.19. The second kappa shape index (κ2) is 7.09. The third-order valence-corrected chi connectivity index (χ3v) is 6.03. The molecule has 1 aromatic heterocycles. The number of aliphatic hydroxyl groups is 1. The molecule has 1 aromatic carbocycles. The number of nitrogens with one attached hydrogen (secondary N) is 2. The number of nitrogens with zero attached hydrogens (tertiary/aromatic N) is 1. The van der Waals surface area contributed by atoms with Crippen LogP contribution >= 0.6 is 11.9 Å². The molecular formula is C19H22FN3O3S. The Morgan fingerprint density at radius 3 is 2.78 bits per heavy atom. The molecule has 8 heteroatoms. The molecule has 3 N–H and O–H groups in total. The molecule has 1 fully saturated rings. The molecule has 2 heterocycles. The van der Waals surface area contributed by atoms with E-state index in [-0.39, 0.29) is 17.5 Å². The van der Waals surface area contributed by atoms with Crippen molar-refractivity contribution in [3.8, 4) is 5.88 Å². The van der Waals surface area contributed by atoms with Crippen LogP contribution in [0.15, 0.2) is 23.0 Å². The van der Waals surface area contributed by atoms with E-state index in [4.69, 9.17) is 4.74 Å². The van der Waals surface area contributed by atoms with Crippen LogP contribution in [0.3, 0.4) is 0 Å². The van der Waals surface area contributed by atoms with Crippen molar-refractivity contribution < 1.29 is 14.2 Å². The van der Waals surface area contributed by atoms with Gasteiger partial charge in [-0.2, -0.15) is 0 Å². The van der Waals surface area contributed by atoms with Gasteiger partial charge in [0.2, 0.25) is 5.88 Å². The SMILES string of the molecule is Cc1ccc(Nc2c(NSC3CC(O)C3)c3n(c(=O)c2C)CCO3)c(F)c1. The Morgan fingerprint density at radius 2 is 2.07 bits per heavy atom. The fraction of sp³-hybridized carbons (Fsp3) is 0.421. The number of pyridine rings is 1. The summed E-state index contributed by atoms with van der Waals surface area (Å²) in [4.78, 5) is 12.7. The number of aryl methyl sites for hydroxylation is 1. The number of aromatic nitrogens is 1. The van der Waals surface area contributed by atoms with E-state index in [1.54, 1.807) is 17.6 Å². The molecule has 144 valence electrons. The quantitative estimate of drug-likeness (QED) is 0.679. The topological polar surface area (TPSA) is 75.5 Å². The van der Waals surface area contributed by atoms with Gasteiger partial charge >= 0.3 is 0 Å². The molecule has 0 amide bonds. The summed E-state index contributed by atoms with van der Waals surface area (Å²) in [6.07, 6.45) is 1.20. The van der Waals surface area contributed by atoms with E-state index in [2.05, 4.69) is 10.0 Å². The van der Waals surface area contributed by atoms with Crippen molar-refractivity contribution in [3.05, 3.63) is 45.5 Å². The molecule has 1 saturated carbocycles. The van der Waals surface area contributed by atoms with Gasteiger partial charge in [-0.15, -0.1) is 0 Å². The van der Waals surface area contributed by atoms with E-state index in [0.29, 0.717) is 46.9 Å². The van der Waals surface area contributed by atoms with Crippen molar-refractivity contribution in [1.82, 2.24) is 4.57 Å². The number of fused-ring (bicyclic) bond motifs is 1. The van der Waals surface area contributed by atoms with Gasteiger partial charge in [-0.3, -0.25) is 9.36 Å².